The van der Waals surface area contributed by atoms with Crippen LogP contribution in [0.15, 0.2) is 12.1 Å². The van der Waals surface area contributed by atoms with E-state index in [1.165, 1.54) is 0 Å². The monoisotopic (exact) mass is 237 g/mol. The van der Waals surface area contributed by atoms with E-state index in [1.54, 1.807) is 12.1 Å². The second-order valence-corrected chi connectivity index (χ2v) is 4.18. The highest BCUT2D eigenvalue weighted by molar-refractivity contribution is 6.06. The normalized spacial score (nSPS) is 19.7. The average Bonchev–Trinajstić information content (AvgIpc) is 2.60. The van der Waals surface area contributed by atoms with Gasteiger partial charge in [0.2, 0.25) is 12.1 Å². The molecule has 0 saturated heterocycles. The maximum atomic E-state index is 13.5. The summed E-state index contributed by atoms with van der Waals surface area (Å²) in [6, 6.07) is 3.37. The Labute approximate surface area is 97.4 Å². The molecular formula is C12H12FNO3. The molecule has 0 radical (unpaired) electrons. The number of carboxylic acid groups (broad SMARTS) is 1. The molecule has 0 bridgehead atoms. The smallest absolute Gasteiger partial charge is 0.339 e. The van der Waals surface area contributed by atoms with Crippen LogP contribution in [0.25, 0.3) is 0 Å². The number of nitrogens with one attached hydrogen (secondary N) is 1. The fraction of sp³-hybridized carbons (Fsp3) is 0.333. The molecule has 0 saturated carbocycles. The molecule has 1 aromatic rings. The van der Waals surface area contributed by atoms with Crippen LogP contribution < -0.4 is 5.32 Å². The first-order chi connectivity index (χ1) is 7.93. The molecule has 0 aliphatic carbocycles. The van der Waals surface area contributed by atoms with E-state index in [1.807, 2.05) is 13.8 Å². The van der Waals surface area contributed by atoms with Crippen molar-refractivity contribution in [2.45, 2.75) is 25.9 Å². The van der Waals surface area contributed by atoms with Gasteiger partial charge in [0.05, 0.1) is 0 Å². The van der Waals surface area contributed by atoms with Crippen LogP contribution in [0, 0.1) is 13.8 Å². The highest BCUT2D eigenvalue weighted by Crippen LogP contribution is 2.38. The number of aryl methyl sites for hydroxylation is 1. The van der Waals surface area contributed by atoms with Crippen molar-refractivity contribution in [3.05, 3.63) is 28.8 Å². The van der Waals surface area contributed by atoms with Gasteiger partial charge in [-0.1, -0.05) is 12.1 Å². The Morgan fingerprint density at radius 1 is 1.47 bits per heavy atom. The summed E-state index contributed by atoms with van der Waals surface area (Å²) >= 11 is 0. The first-order valence-electron chi connectivity index (χ1n) is 5.21. The molecule has 0 spiro atoms. The van der Waals surface area contributed by atoms with Crippen LogP contribution >= 0.6 is 0 Å². The highest BCUT2D eigenvalue weighted by atomic mass is 19.1. The number of rotatable bonds is 2. The summed E-state index contributed by atoms with van der Waals surface area (Å²) in [6.07, 6.45) is -2.21. The molecule has 1 heterocycles. The van der Waals surface area contributed by atoms with Gasteiger partial charge in [0, 0.05) is 5.69 Å². The number of benzene rings is 1. The summed E-state index contributed by atoms with van der Waals surface area (Å²) in [5.41, 5.74) is 2.78. The molecule has 1 aliphatic heterocycles. The van der Waals surface area contributed by atoms with E-state index in [4.69, 9.17) is 5.11 Å². The lowest BCUT2D eigenvalue weighted by atomic mass is 9.93. The molecule has 1 aromatic carbocycles. The van der Waals surface area contributed by atoms with Crippen molar-refractivity contribution >= 4 is 17.6 Å². The predicted molar refractivity (Wildman–Crippen MR) is 59.8 cm³/mol. The SMILES string of the molecule is Cc1ccc2c(c1C)NC(=O)C2C(F)C(=O)O. The molecule has 0 fully saturated rings. The lowest BCUT2D eigenvalue weighted by molar-refractivity contribution is -0.145. The Balaban J connectivity index is 2.52. The minimum absolute atomic E-state index is 0.424. The number of hydrogen-bond donors (Lipinski definition) is 2. The second-order valence-electron chi connectivity index (χ2n) is 4.18. The van der Waals surface area contributed by atoms with Gasteiger partial charge in [0.25, 0.3) is 0 Å². The van der Waals surface area contributed by atoms with Crippen LogP contribution in [-0.2, 0) is 9.59 Å². The third-order valence-electron chi connectivity index (χ3n) is 3.16. The number of anilines is 1. The molecule has 0 aromatic heterocycles. The van der Waals surface area contributed by atoms with Gasteiger partial charge in [-0.2, -0.15) is 0 Å². The molecule has 2 N–H and O–H groups in total. The average molecular weight is 237 g/mol. The van der Waals surface area contributed by atoms with Crippen LogP contribution in [-0.4, -0.2) is 23.2 Å². The van der Waals surface area contributed by atoms with Gasteiger partial charge in [0.15, 0.2) is 0 Å². The van der Waals surface area contributed by atoms with E-state index in [9.17, 15) is 14.0 Å². The third-order valence-corrected chi connectivity index (χ3v) is 3.16. The number of carbonyl (C=O) groups excluding carboxylic acids is 1. The lowest BCUT2D eigenvalue weighted by Crippen LogP contribution is -2.28. The van der Waals surface area contributed by atoms with Gasteiger partial charge >= 0.3 is 5.97 Å². The second kappa shape index (κ2) is 3.84. The number of alkyl halides is 1. The summed E-state index contributed by atoms with van der Waals surface area (Å²) in [4.78, 5) is 22.3. The zero-order chi connectivity index (χ0) is 12.7. The maximum Gasteiger partial charge on any atom is 0.339 e. The standard InChI is InChI=1S/C12H12FNO3/c1-5-3-4-7-8(9(13)12(16)17)11(15)14-10(7)6(5)2/h3-4,8-9H,1-2H3,(H,14,15)(H,16,17). The van der Waals surface area contributed by atoms with E-state index in [0.29, 0.717) is 11.3 Å². The summed E-state index contributed by atoms with van der Waals surface area (Å²) in [6.45, 7) is 3.68. The summed E-state index contributed by atoms with van der Waals surface area (Å²) < 4.78 is 13.5. The molecule has 2 rings (SSSR count). The molecule has 1 amide bonds. The Morgan fingerprint density at radius 2 is 2.12 bits per heavy atom. The first-order valence-corrected chi connectivity index (χ1v) is 5.21. The minimum Gasteiger partial charge on any atom is -0.479 e. The highest BCUT2D eigenvalue weighted by Gasteiger charge is 2.41. The van der Waals surface area contributed by atoms with Gasteiger partial charge in [-0.05, 0) is 30.5 Å². The van der Waals surface area contributed by atoms with E-state index < -0.39 is 24.0 Å². The van der Waals surface area contributed by atoms with Gasteiger partial charge in [-0.15, -0.1) is 0 Å². The molecule has 2 unspecified atom stereocenters. The Bertz CT molecular complexity index is 513. The van der Waals surface area contributed by atoms with Crippen LogP contribution in [0.4, 0.5) is 10.1 Å². The van der Waals surface area contributed by atoms with E-state index in [0.717, 1.165) is 11.1 Å². The van der Waals surface area contributed by atoms with Crippen molar-refractivity contribution < 1.29 is 19.1 Å². The minimum atomic E-state index is -2.21. The number of carboxylic acids is 1. The topological polar surface area (TPSA) is 66.4 Å². The van der Waals surface area contributed by atoms with Crippen molar-refractivity contribution in [2.75, 3.05) is 5.32 Å². The van der Waals surface area contributed by atoms with E-state index >= 15 is 0 Å². The molecule has 2 atom stereocenters. The van der Waals surface area contributed by atoms with Crippen molar-refractivity contribution in [3.63, 3.8) is 0 Å². The van der Waals surface area contributed by atoms with Gasteiger partial charge < -0.3 is 10.4 Å². The molecule has 4 nitrogen and oxygen atoms in total. The molecule has 1 aliphatic rings. The van der Waals surface area contributed by atoms with Crippen LogP contribution in [0.5, 0.6) is 0 Å². The molecule has 5 heteroatoms. The van der Waals surface area contributed by atoms with Crippen LogP contribution in [0.1, 0.15) is 22.6 Å². The molecule has 90 valence electrons. The number of carbonyl (C=O) groups is 2. The van der Waals surface area contributed by atoms with Crippen molar-refractivity contribution in [1.82, 2.24) is 0 Å². The van der Waals surface area contributed by atoms with Gasteiger partial charge in [-0.3, -0.25) is 4.79 Å². The Hall–Kier alpha value is -1.91. The number of fused-ring (bicyclic) bond motifs is 1. The van der Waals surface area contributed by atoms with Crippen LogP contribution in [0.2, 0.25) is 0 Å². The fourth-order valence-corrected chi connectivity index (χ4v) is 2.04. The zero-order valence-corrected chi connectivity index (χ0v) is 9.45. The zero-order valence-electron chi connectivity index (χ0n) is 9.45. The van der Waals surface area contributed by atoms with Crippen molar-refractivity contribution in [3.8, 4) is 0 Å². The maximum absolute atomic E-state index is 13.5. The van der Waals surface area contributed by atoms with Crippen molar-refractivity contribution in [2.24, 2.45) is 0 Å². The fourth-order valence-electron chi connectivity index (χ4n) is 2.04. The number of aliphatic carboxylic acids is 1. The predicted octanol–water partition coefficient (Wildman–Crippen LogP) is 1.76. The third kappa shape index (κ3) is 1.67. The largest absolute Gasteiger partial charge is 0.479 e. The number of amides is 1. The summed E-state index contributed by atoms with van der Waals surface area (Å²) in [5, 5.41) is 11.2. The molecular weight excluding hydrogens is 225 g/mol. The van der Waals surface area contributed by atoms with Gasteiger partial charge in [0.1, 0.15) is 5.92 Å². The van der Waals surface area contributed by atoms with Crippen LogP contribution in [0.3, 0.4) is 0 Å². The van der Waals surface area contributed by atoms with Gasteiger partial charge in [-0.25, -0.2) is 9.18 Å². The Morgan fingerprint density at radius 3 is 2.71 bits per heavy atom. The number of hydrogen-bond acceptors (Lipinski definition) is 2. The van der Waals surface area contributed by atoms with E-state index in [2.05, 4.69) is 5.32 Å². The van der Waals surface area contributed by atoms with E-state index in [-0.39, 0.29) is 0 Å². The van der Waals surface area contributed by atoms with Crippen molar-refractivity contribution in [1.29, 1.82) is 0 Å². The summed E-state index contributed by atoms with van der Waals surface area (Å²) in [7, 11) is 0. The lowest BCUT2D eigenvalue weighted by Gasteiger charge is -2.11. The molecule has 17 heavy (non-hydrogen) atoms. The first kappa shape index (κ1) is 11.6. The summed E-state index contributed by atoms with van der Waals surface area (Å²) in [5.74, 6) is -3.46. The number of halogens is 1. The quantitative estimate of drug-likeness (QED) is 0.823. The Kier molecular flexibility index (Phi) is 2.61.